The van der Waals surface area contributed by atoms with E-state index in [9.17, 15) is 5.11 Å². The first-order valence-corrected chi connectivity index (χ1v) is 5.95. The fourth-order valence-corrected chi connectivity index (χ4v) is 1.76. The van der Waals surface area contributed by atoms with Crippen LogP contribution in [-0.4, -0.2) is 0 Å². The maximum absolute atomic E-state index is 11.4. The smallest absolute Gasteiger partial charge is 0.872 e. The second-order valence-electron chi connectivity index (χ2n) is 4.60. The number of rotatable bonds is 6. The van der Waals surface area contributed by atoms with E-state index in [0.29, 0.717) is 0 Å². The Labute approximate surface area is 122 Å². The van der Waals surface area contributed by atoms with Gasteiger partial charge in [-0.25, -0.2) is 0 Å². The van der Waals surface area contributed by atoms with Gasteiger partial charge in [-0.3, -0.25) is 0 Å². The summed E-state index contributed by atoms with van der Waals surface area (Å²) in [5.41, 5.74) is 0.974. The number of hydrogen-bond donors (Lipinski definition) is 0. The first-order valence-electron chi connectivity index (χ1n) is 5.95. The van der Waals surface area contributed by atoms with Crippen LogP contribution in [-0.2, 0) is 6.42 Å². The molecule has 0 unspecified atom stereocenters. The van der Waals surface area contributed by atoms with Crippen LogP contribution in [0, 0.1) is 5.92 Å². The Kier molecular flexibility index (Phi) is 9.10. The van der Waals surface area contributed by atoms with Crippen molar-refractivity contribution in [1.29, 1.82) is 0 Å². The number of hydrogen-bond acceptors (Lipinski definition) is 1. The molecular formula is C14H21NaO. The molecule has 1 nitrogen and oxygen atoms in total. The van der Waals surface area contributed by atoms with E-state index >= 15 is 0 Å². The summed E-state index contributed by atoms with van der Waals surface area (Å²) in [6.07, 6.45) is 5.92. The minimum Gasteiger partial charge on any atom is -0.872 e. The monoisotopic (exact) mass is 228 g/mol. The van der Waals surface area contributed by atoms with E-state index in [1.165, 1.54) is 19.3 Å². The summed E-state index contributed by atoms with van der Waals surface area (Å²) in [7, 11) is 0. The first kappa shape index (κ1) is 16.0. The Balaban J connectivity index is 0.00000225. The molecule has 0 fully saturated rings. The molecule has 1 aromatic carbocycles. The van der Waals surface area contributed by atoms with Crippen LogP contribution in [0.3, 0.4) is 0 Å². The third-order valence-corrected chi connectivity index (χ3v) is 2.70. The van der Waals surface area contributed by atoms with Gasteiger partial charge in [-0.1, -0.05) is 62.9 Å². The summed E-state index contributed by atoms with van der Waals surface area (Å²) in [5, 5.41) is 11.4. The molecule has 1 rings (SSSR count). The number of para-hydroxylation sites is 1. The Morgan fingerprint density at radius 3 is 2.38 bits per heavy atom. The Bertz CT molecular complexity index is 284. The second-order valence-corrected chi connectivity index (χ2v) is 4.60. The predicted molar refractivity (Wildman–Crippen MR) is 62.9 cm³/mol. The Morgan fingerprint density at radius 2 is 1.75 bits per heavy atom. The van der Waals surface area contributed by atoms with E-state index in [4.69, 9.17) is 0 Å². The third kappa shape index (κ3) is 6.57. The molecular weight excluding hydrogens is 207 g/mol. The predicted octanol–water partition coefficient (Wildman–Crippen LogP) is 0.523. The van der Waals surface area contributed by atoms with Gasteiger partial charge >= 0.3 is 29.6 Å². The molecule has 84 valence electrons. The van der Waals surface area contributed by atoms with Crippen molar-refractivity contribution >= 4 is 0 Å². The molecule has 0 aliphatic carbocycles. The van der Waals surface area contributed by atoms with Crippen molar-refractivity contribution in [1.82, 2.24) is 0 Å². The first-order chi connectivity index (χ1) is 7.20. The maximum atomic E-state index is 11.4. The Hall–Kier alpha value is 0.0200. The fourth-order valence-electron chi connectivity index (χ4n) is 1.76. The maximum Gasteiger partial charge on any atom is 1.00 e. The fraction of sp³-hybridized carbons (Fsp3) is 0.571. The zero-order chi connectivity index (χ0) is 11.1. The minimum atomic E-state index is 0. The summed E-state index contributed by atoms with van der Waals surface area (Å²) in [6, 6.07) is 7.36. The van der Waals surface area contributed by atoms with Crippen LogP contribution in [0.4, 0.5) is 0 Å². The molecule has 2 heteroatoms. The van der Waals surface area contributed by atoms with Crippen LogP contribution >= 0.6 is 0 Å². The largest absolute Gasteiger partial charge is 1.00 e. The average molecular weight is 228 g/mol. The van der Waals surface area contributed by atoms with Gasteiger partial charge in [0.25, 0.3) is 0 Å². The zero-order valence-corrected chi connectivity index (χ0v) is 12.8. The molecule has 0 aromatic heterocycles. The molecule has 0 saturated carbocycles. The van der Waals surface area contributed by atoms with Gasteiger partial charge in [0.2, 0.25) is 0 Å². The van der Waals surface area contributed by atoms with Gasteiger partial charge in [-0.05, 0) is 18.8 Å². The summed E-state index contributed by atoms with van der Waals surface area (Å²) in [4.78, 5) is 0. The van der Waals surface area contributed by atoms with Crippen molar-refractivity contribution in [3.05, 3.63) is 29.8 Å². The van der Waals surface area contributed by atoms with Crippen molar-refractivity contribution < 1.29 is 34.7 Å². The van der Waals surface area contributed by atoms with E-state index in [-0.39, 0.29) is 35.3 Å². The summed E-state index contributed by atoms with van der Waals surface area (Å²) in [5.74, 6) is 0.998. The quantitative estimate of drug-likeness (QED) is 0.514. The van der Waals surface area contributed by atoms with Crippen molar-refractivity contribution in [2.45, 2.75) is 46.0 Å². The normalized spacial score (nSPS) is 10.2. The zero-order valence-electron chi connectivity index (χ0n) is 10.8. The SMILES string of the molecule is CC(C)CCCCCc1ccccc1[O-].[Na+]. The average Bonchev–Trinajstić information content (AvgIpc) is 2.20. The summed E-state index contributed by atoms with van der Waals surface area (Å²) in [6.45, 7) is 4.51. The van der Waals surface area contributed by atoms with Gasteiger partial charge in [0.15, 0.2) is 0 Å². The molecule has 0 bridgehead atoms. The van der Waals surface area contributed by atoms with E-state index < -0.39 is 0 Å². The van der Waals surface area contributed by atoms with Crippen molar-refractivity contribution in [2.24, 2.45) is 5.92 Å². The van der Waals surface area contributed by atoms with Gasteiger partial charge in [-0.15, -0.1) is 5.75 Å². The standard InChI is InChI=1S/C14H22O.Na/c1-12(2)8-4-3-5-9-13-10-6-7-11-14(13)15;/h6-7,10-12,15H,3-5,8-9H2,1-2H3;/q;+1/p-1. The molecule has 0 N–H and O–H groups in total. The summed E-state index contributed by atoms with van der Waals surface area (Å²) >= 11 is 0. The van der Waals surface area contributed by atoms with Crippen LogP contribution in [0.1, 0.15) is 45.1 Å². The molecule has 0 aliphatic rings. The van der Waals surface area contributed by atoms with Crippen molar-refractivity contribution in [3.8, 4) is 5.75 Å². The van der Waals surface area contributed by atoms with E-state index in [1.807, 2.05) is 18.2 Å². The van der Waals surface area contributed by atoms with Gasteiger partial charge in [-0.2, -0.15) is 0 Å². The molecule has 1 aromatic rings. The number of aryl methyl sites for hydroxylation is 1. The van der Waals surface area contributed by atoms with E-state index in [2.05, 4.69) is 13.8 Å². The topological polar surface area (TPSA) is 23.1 Å². The molecule has 0 heterocycles. The van der Waals surface area contributed by atoms with Gasteiger partial charge in [0.05, 0.1) is 0 Å². The second kappa shape index (κ2) is 9.09. The number of benzene rings is 1. The van der Waals surface area contributed by atoms with Crippen LogP contribution in [0.15, 0.2) is 24.3 Å². The minimum absolute atomic E-state index is 0. The van der Waals surface area contributed by atoms with Crippen molar-refractivity contribution in [2.75, 3.05) is 0 Å². The van der Waals surface area contributed by atoms with Crippen LogP contribution in [0.25, 0.3) is 0 Å². The summed E-state index contributed by atoms with van der Waals surface area (Å²) < 4.78 is 0. The Morgan fingerprint density at radius 1 is 1.06 bits per heavy atom. The molecule has 0 spiro atoms. The van der Waals surface area contributed by atoms with Gasteiger partial charge in [0, 0.05) is 0 Å². The van der Waals surface area contributed by atoms with Gasteiger partial charge < -0.3 is 5.11 Å². The number of unbranched alkanes of at least 4 members (excludes halogenated alkanes) is 2. The van der Waals surface area contributed by atoms with Gasteiger partial charge in [0.1, 0.15) is 0 Å². The van der Waals surface area contributed by atoms with E-state index in [0.717, 1.165) is 24.3 Å². The third-order valence-electron chi connectivity index (χ3n) is 2.70. The molecule has 0 amide bonds. The molecule has 0 aliphatic heterocycles. The molecule has 0 atom stereocenters. The van der Waals surface area contributed by atoms with Crippen LogP contribution in [0.2, 0.25) is 0 Å². The molecule has 0 radical (unpaired) electrons. The van der Waals surface area contributed by atoms with E-state index in [1.54, 1.807) is 6.07 Å². The van der Waals surface area contributed by atoms with Crippen molar-refractivity contribution in [3.63, 3.8) is 0 Å². The molecule has 0 saturated heterocycles. The molecule has 16 heavy (non-hydrogen) atoms. The van der Waals surface area contributed by atoms with Crippen LogP contribution < -0.4 is 34.7 Å². The van der Waals surface area contributed by atoms with Crippen LogP contribution in [0.5, 0.6) is 5.75 Å².